The number of nitriles is 1. The maximum atomic E-state index is 13.2. The van der Waals surface area contributed by atoms with Crippen LogP contribution in [-0.2, 0) is 4.79 Å². The Morgan fingerprint density at radius 1 is 1.19 bits per heavy atom. The topological polar surface area (TPSA) is 62.1 Å². The molecule has 0 saturated carbocycles. The number of nitrogens with zero attached hydrogens (tertiary/aromatic N) is 1. The van der Waals surface area contributed by atoms with Crippen LogP contribution in [0.4, 0.5) is 4.39 Å². The van der Waals surface area contributed by atoms with E-state index in [2.05, 4.69) is 5.32 Å². The van der Waals surface area contributed by atoms with Gasteiger partial charge in [-0.05, 0) is 47.3 Å². The van der Waals surface area contributed by atoms with Crippen molar-refractivity contribution in [2.45, 2.75) is 6.04 Å². The highest BCUT2D eigenvalue weighted by Crippen LogP contribution is 2.26. The lowest BCUT2D eigenvalue weighted by atomic mass is 10.1. The van der Waals surface area contributed by atoms with Gasteiger partial charge >= 0.3 is 0 Å². The Labute approximate surface area is 154 Å². The predicted molar refractivity (Wildman–Crippen MR) is 97.4 cm³/mol. The van der Waals surface area contributed by atoms with E-state index in [1.54, 1.807) is 36.4 Å². The van der Waals surface area contributed by atoms with Crippen LogP contribution in [0.2, 0.25) is 0 Å². The summed E-state index contributed by atoms with van der Waals surface area (Å²) < 4.78 is 18.7. The van der Waals surface area contributed by atoms with E-state index in [4.69, 9.17) is 10.00 Å². The van der Waals surface area contributed by atoms with Crippen molar-refractivity contribution in [3.8, 4) is 11.8 Å². The van der Waals surface area contributed by atoms with Gasteiger partial charge in [-0.3, -0.25) is 4.79 Å². The van der Waals surface area contributed by atoms with E-state index in [1.165, 1.54) is 23.5 Å². The summed E-state index contributed by atoms with van der Waals surface area (Å²) in [6.07, 6.45) is 0. The summed E-state index contributed by atoms with van der Waals surface area (Å²) in [5.74, 6) is -0.186. The van der Waals surface area contributed by atoms with E-state index >= 15 is 0 Å². The maximum Gasteiger partial charge on any atom is 0.258 e. The van der Waals surface area contributed by atoms with Crippen LogP contribution in [0.5, 0.6) is 5.75 Å². The van der Waals surface area contributed by atoms with Crippen molar-refractivity contribution >= 4 is 17.2 Å². The lowest BCUT2D eigenvalue weighted by Crippen LogP contribution is -2.32. The zero-order chi connectivity index (χ0) is 18.4. The van der Waals surface area contributed by atoms with Crippen molar-refractivity contribution in [3.05, 3.63) is 87.9 Å². The molecule has 3 rings (SSSR count). The van der Waals surface area contributed by atoms with Crippen LogP contribution in [0.25, 0.3) is 0 Å². The van der Waals surface area contributed by atoms with Crippen LogP contribution >= 0.6 is 11.3 Å². The molecule has 0 radical (unpaired) electrons. The van der Waals surface area contributed by atoms with Crippen LogP contribution in [-0.4, -0.2) is 12.5 Å². The van der Waals surface area contributed by atoms with E-state index in [-0.39, 0.29) is 24.4 Å². The second-order valence-electron chi connectivity index (χ2n) is 5.50. The van der Waals surface area contributed by atoms with Crippen LogP contribution < -0.4 is 10.1 Å². The van der Waals surface area contributed by atoms with Crippen LogP contribution in [0, 0.1) is 17.1 Å². The number of nitrogens with one attached hydrogen (secondary N) is 1. The molecule has 26 heavy (non-hydrogen) atoms. The Kier molecular flexibility index (Phi) is 5.62. The van der Waals surface area contributed by atoms with Gasteiger partial charge in [-0.25, -0.2) is 4.39 Å². The van der Waals surface area contributed by atoms with E-state index in [9.17, 15) is 9.18 Å². The average molecular weight is 366 g/mol. The number of rotatable bonds is 6. The van der Waals surface area contributed by atoms with Gasteiger partial charge in [-0.1, -0.05) is 24.3 Å². The second kappa shape index (κ2) is 8.28. The maximum absolute atomic E-state index is 13.2. The molecule has 1 aromatic heterocycles. The predicted octanol–water partition coefficient (Wildman–Crippen LogP) is 4.04. The standard InChI is InChI=1S/C20H15FN2O2S/c21-16-8-6-15(7-9-16)20(18-5-2-10-26-18)23-19(24)13-25-17-4-1-3-14(11-17)12-22/h1-11,20H,13H2,(H,23,24). The summed E-state index contributed by atoms with van der Waals surface area (Å²) >= 11 is 1.51. The number of thiophene rings is 1. The molecule has 130 valence electrons. The normalized spacial score (nSPS) is 11.4. The number of carbonyl (C=O) groups excluding carboxylic acids is 1. The molecular formula is C20H15FN2O2S. The zero-order valence-electron chi connectivity index (χ0n) is 13.7. The molecule has 0 aliphatic heterocycles. The summed E-state index contributed by atoms with van der Waals surface area (Å²) in [5, 5.41) is 13.7. The monoisotopic (exact) mass is 366 g/mol. The fourth-order valence-corrected chi connectivity index (χ4v) is 3.24. The minimum absolute atomic E-state index is 0.183. The highest BCUT2D eigenvalue weighted by Gasteiger charge is 2.18. The second-order valence-corrected chi connectivity index (χ2v) is 6.48. The van der Waals surface area contributed by atoms with Crippen LogP contribution in [0.3, 0.4) is 0 Å². The van der Waals surface area contributed by atoms with Crippen molar-refractivity contribution in [1.29, 1.82) is 5.26 Å². The number of benzene rings is 2. The largest absolute Gasteiger partial charge is 0.484 e. The fraction of sp³-hybridized carbons (Fsp3) is 0.100. The fourth-order valence-electron chi connectivity index (χ4n) is 2.44. The molecule has 4 nitrogen and oxygen atoms in total. The van der Waals surface area contributed by atoms with Crippen molar-refractivity contribution in [1.82, 2.24) is 5.32 Å². The quantitative estimate of drug-likeness (QED) is 0.716. The number of carbonyl (C=O) groups is 1. The molecule has 1 atom stereocenters. The summed E-state index contributed by atoms with van der Waals surface area (Å²) in [6.45, 7) is -0.183. The molecule has 1 N–H and O–H groups in total. The third-order valence-corrected chi connectivity index (χ3v) is 4.61. The minimum atomic E-state index is -0.378. The first-order valence-corrected chi connectivity index (χ1v) is 8.75. The Hall–Kier alpha value is -3.17. The summed E-state index contributed by atoms with van der Waals surface area (Å²) in [7, 11) is 0. The molecule has 0 aliphatic rings. The van der Waals surface area contributed by atoms with Gasteiger partial charge in [0.1, 0.15) is 11.6 Å². The van der Waals surface area contributed by atoms with Crippen molar-refractivity contribution in [3.63, 3.8) is 0 Å². The molecule has 2 aromatic carbocycles. The molecular weight excluding hydrogens is 351 g/mol. The Bertz CT molecular complexity index is 918. The summed E-state index contributed by atoms with van der Waals surface area (Å²) in [6, 6.07) is 18.1. The van der Waals surface area contributed by atoms with Gasteiger partial charge in [-0.2, -0.15) is 5.26 Å². The van der Waals surface area contributed by atoms with Gasteiger partial charge in [0.05, 0.1) is 17.7 Å². The smallest absolute Gasteiger partial charge is 0.258 e. The molecule has 6 heteroatoms. The van der Waals surface area contributed by atoms with Gasteiger partial charge < -0.3 is 10.1 Å². The van der Waals surface area contributed by atoms with Crippen molar-refractivity contribution in [2.24, 2.45) is 0 Å². The van der Waals surface area contributed by atoms with Gasteiger partial charge in [-0.15, -0.1) is 11.3 Å². The van der Waals surface area contributed by atoms with E-state index in [1.807, 2.05) is 23.6 Å². The SMILES string of the molecule is N#Cc1cccc(OCC(=O)NC(c2ccc(F)cc2)c2cccs2)c1. The molecule has 0 spiro atoms. The van der Waals surface area contributed by atoms with E-state index in [0.717, 1.165) is 10.4 Å². The first kappa shape index (κ1) is 17.6. The van der Waals surface area contributed by atoms with Gasteiger partial charge in [0.25, 0.3) is 5.91 Å². The highest BCUT2D eigenvalue weighted by molar-refractivity contribution is 7.10. The molecule has 0 fully saturated rings. The van der Waals surface area contributed by atoms with Gasteiger partial charge in [0.15, 0.2) is 6.61 Å². The highest BCUT2D eigenvalue weighted by atomic mass is 32.1. The average Bonchev–Trinajstić information content (AvgIpc) is 3.20. The lowest BCUT2D eigenvalue weighted by molar-refractivity contribution is -0.123. The number of hydrogen-bond donors (Lipinski definition) is 1. The van der Waals surface area contributed by atoms with Crippen LogP contribution in [0.1, 0.15) is 22.0 Å². The lowest BCUT2D eigenvalue weighted by Gasteiger charge is -2.18. The van der Waals surface area contributed by atoms with Gasteiger partial charge in [0, 0.05) is 4.88 Å². The molecule has 3 aromatic rings. The summed E-state index contributed by atoms with van der Waals surface area (Å²) in [5.41, 5.74) is 1.25. The molecule has 0 saturated heterocycles. The van der Waals surface area contributed by atoms with Crippen LogP contribution in [0.15, 0.2) is 66.0 Å². The molecule has 0 aliphatic carbocycles. The molecule has 0 bridgehead atoms. The minimum Gasteiger partial charge on any atom is -0.484 e. The van der Waals surface area contributed by atoms with Crippen molar-refractivity contribution < 1.29 is 13.9 Å². The Morgan fingerprint density at radius 2 is 2.00 bits per heavy atom. The number of ether oxygens (including phenoxy) is 1. The number of hydrogen-bond acceptors (Lipinski definition) is 4. The zero-order valence-corrected chi connectivity index (χ0v) is 14.5. The number of amides is 1. The number of halogens is 1. The first-order valence-electron chi connectivity index (χ1n) is 7.87. The molecule has 1 unspecified atom stereocenters. The third-order valence-electron chi connectivity index (χ3n) is 3.67. The third kappa shape index (κ3) is 4.47. The molecule has 1 amide bonds. The van der Waals surface area contributed by atoms with E-state index in [0.29, 0.717) is 11.3 Å². The van der Waals surface area contributed by atoms with E-state index < -0.39 is 0 Å². The Morgan fingerprint density at radius 3 is 2.69 bits per heavy atom. The molecule has 1 heterocycles. The van der Waals surface area contributed by atoms with Crippen molar-refractivity contribution in [2.75, 3.05) is 6.61 Å². The first-order chi connectivity index (χ1) is 12.7. The van der Waals surface area contributed by atoms with Gasteiger partial charge in [0.2, 0.25) is 0 Å². The Balaban J connectivity index is 1.69. The summed E-state index contributed by atoms with van der Waals surface area (Å²) in [4.78, 5) is 13.3.